The Hall–Kier alpha value is 2.56. The molecule has 0 radical (unpaired) electrons. The maximum absolute atomic E-state index is 5.45. The highest BCUT2D eigenvalue weighted by Crippen LogP contribution is 2.49. The van der Waals surface area contributed by atoms with Gasteiger partial charge in [-0.2, -0.15) is 0 Å². The Bertz CT molecular complexity index is 74.4. The SMILES string of the molecule is ClSC(Br)(Br)C(Br)Br. The van der Waals surface area contributed by atoms with Crippen LogP contribution in [0.5, 0.6) is 0 Å². The van der Waals surface area contributed by atoms with E-state index < -0.39 is 0 Å². The van der Waals surface area contributed by atoms with Crippen LogP contribution in [0.3, 0.4) is 0 Å². The van der Waals surface area contributed by atoms with E-state index in [2.05, 4.69) is 63.7 Å². The number of hydrogen-bond donors (Lipinski definition) is 0. The van der Waals surface area contributed by atoms with Gasteiger partial charge in [0.05, 0.1) is 0 Å². The molecule has 0 aliphatic heterocycles. The number of hydrogen-bond acceptors (Lipinski definition) is 1. The zero-order chi connectivity index (χ0) is 6.78. The Morgan fingerprint density at radius 1 is 1.38 bits per heavy atom. The van der Waals surface area contributed by atoms with Gasteiger partial charge in [-0.15, -0.1) is 0 Å². The second-order valence-electron chi connectivity index (χ2n) is 0.940. The summed E-state index contributed by atoms with van der Waals surface area (Å²) in [6.07, 6.45) is 0. The van der Waals surface area contributed by atoms with E-state index in [1.165, 1.54) is 0 Å². The predicted molar refractivity (Wildman–Crippen MR) is 55.7 cm³/mol. The number of alkyl halides is 4. The van der Waals surface area contributed by atoms with Crippen molar-refractivity contribution in [3.8, 4) is 0 Å². The molecule has 0 N–H and O–H groups in total. The highest BCUT2D eigenvalue weighted by Gasteiger charge is 2.29. The van der Waals surface area contributed by atoms with Crippen molar-refractivity contribution in [2.24, 2.45) is 0 Å². The Balaban J connectivity index is 3.71. The van der Waals surface area contributed by atoms with Gasteiger partial charge in [-0.1, -0.05) is 63.7 Å². The topological polar surface area (TPSA) is 0 Å². The fourth-order valence-corrected chi connectivity index (χ4v) is 1.57. The van der Waals surface area contributed by atoms with Crippen LogP contribution in [-0.2, 0) is 0 Å². The summed E-state index contributed by atoms with van der Waals surface area (Å²) < 4.78 is -0.216. The lowest BCUT2D eigenvalue weighted by Gasteiger charge is -2.16. The van der Waals surface area contributed by atoms with E-state index in [9.17, 15) is 0 Å². The van der Waals surface area contributed by atoms with E-state index in [1.54, 1.807) is 0 Å². The van der Waals surface area contributed by atoms with E-state index in [0.29, 0.717) is 0 Å². The average Bonchev–Trinajstić information content (AvgIpc) is 1.67. The number of halogens is 5. The lowest BCUT2D eigenvalue weighted by molar-refractivity contribution is 1.38. The van der Waals surface area contributed by atoms with E-state index in [1.807, 2.05) is 0 Å². The highest BCUT2D eigenvalue weighted by molar-refractivity contribution is 9.32. The van der Waals surface area contributed by atoms with Crippen LogP contribution >= 0.6 is 85.4 Å². The lowest BCUT2D eigenvalue weighted by atomic mass is 11.0. The van der Waals surface area contributed by atoms with Crippen molar-refractivity contribution >= 4 is 85.4 Å². The maximum atomic E-state index is 5.45. The van der Waals surface area contributed by atoms with Gasteiger partial charge in [0.25, 0.3) is 0 Å². The third-order valence-electron chi connectivity index (χ3n) is 0.357. The molecule has 0 heterocycles. The first kappa shape index (κ1) is 10.6. The van der Waals surface area contributed by atoms with Crippen LogP contribution in [0.15, 0.2) is 0 Å². The molecule has 0 nitrogen and oxygen atoms in total. The molecule has 0 fully saturated rings. The monoisotopic (exact) mass is 408 g/mol. The molecule has 0 aromatic heterocycles. The smallest absolute Gasteiger partial charge is 0.0730 e. The molecule has 0 aromatic carbocycles. The van der Waals surface area contributed by atoms with Crippen molar-refractivity contribution in [1.82, 2.24) is 0 Å². The van der Waals surface area contributed by atoms with Gasteiger partial charge in [0.1, 0.15) is 3.74 Å². The van der Waals surface area contributed by atoms with Gasteiger partial charge in [-0.05, 0) is 21.7 Å². The summed E-state index contributed by atoms with van der Waals surface area (Å²) in [5.74, 6) is 0. The third kappa shape index (κ3) is 3.66. The van der Waals surface area contributed by atoms with Crippen LogP contribution in [0.4, 0.5) is 0 Å². The molecule has 0 aromatic rings. The summed E-state index contributed by atoms with van der Waals surface area (Å²) in [4.78, 5) is 0. The van der Waals surface area contributed by atoms with E-state index in [0.717, 1.165) is 11.0 Å². The molecular formula is C2HBr4ClS. The van der Waals surface area contributed by atoms with Crippen molar-refractivity contribution in [3.05, 3.63) is 0 Å². The maximum Gasteiger partial charge on any atom is 0.162 e. The minimum atomic E-state index is -0.318. The normalized spacial score (nSPS) is 12.8. The molecule has 0 spiro atoms. The van der Waals surface area contributed by atoms with Crippen LogP contribution in [-0.4, -0.2) is 6.30 Å². The first-order valence-electron chi connectivity index (χ1n) is 1.46. The molecule has 0 rings (SSSR count). The summed E-state index contributed by atoms with van der Waals surface area (Å²) in [6, 6.07) is 0. The summed E-state index contributed by atoms with van der Waals surface area (Å²) in [6.45, 7) is 0. The second kappa shape index (κ2) is 4.44. The number of rotatable bonds is 2. The molecule has 8 heavy (non-hydrogen) atoms. The molecule has 0 saturated heterocycles. The quantitative estimate of drug-likeness (QED) is 0.605. The Kier molecular flexibility index (Phi) is 5.86. The molecule has 6 heteroatoms. The van der Waals surface area contributed by atoms with Gasteiger partial charge < -0.3 is 0 Å². The molecule has 0 unspecified atom stereocenters. The third-order valence-corrected chi connectivity index (χ3v) is 8.97. The summed E-state index contributed by atoms with van der Waals surface area (Å²) >= 11 is 13.1. The lowest BCUT2D eigenvalue weighted by Crippen LogP contribution is -2.11. The molecular weight excluding hydrogens is 411 g/mol. The molecule has 0 saturated carbocycles. The average molecular weight is 412 g/mol. The summed E-state index contributed by atoms with van der Waals surface area (Å²) in [7, 11) is 6.60. The summed E-state index contributed by atoms with van der Waals surface area (Å²) in [5, 5.41) is 0. The minimum absolute atomic E-state index is 0.102. The van der Waals surface area contributed by atoms with Gasteiger partial charge in [0, 0.05) is 0 Å². The Labute approximate surface area is 90.5 Å². The highest BCUT2D eigenvalue weighted by atomic mass is 79.9. The van der Waals surface area contributed by atoms with Crippen LogP contribution in [0.25, 0.3) is 0 Å². The van der Waals surface area contributed by atoms with Gasteiger partial charge in [-0.25, -0.2) is 0 Å². The largest absolute Gasteiger partial charge is 0.162 e. The van der Waals surface area contributed by atoms with Crippen LogP contribution in [0, 0.1) is 0 Å². The van der Waals surface area contributed by atoms with Crippen molar-refractivity contribution in [2.75, 3.05) is 0 Å². The fourth-order valence-electron chi connectivity index (χ4n) is 0.0337. The van der Waals surface area contributed by atoms with Gasteiger partial charge in [0.2, 0.25) is 0 Å². The molecule has 0 aliphatic carbocycles. The molecule has 0 aliphatic rings. The summed E-state index contributed by atoms with van der Waals surface area (Å²) in [5.41, 5.74) is 0. The fraction of sp³-hybridized carbons (Fsp3) is 1.00. The van der Waals surface area contributed by atoms with Gasteiger partial charge >= 0.3 is 0 Å². The molecule has 50 valence electrons. The molecule has 0 atom stereocenters. The van der Waals surface area contributed by atoms with Crippen molar-refractivity contribution in [2.45, 2.75) is 6.30 Å². The predicted octanol–water partition coefficient (Wildman–Crippen LogP) is 4.43. The molecule has 0 bridgehead atoms. The van der Waals surface area contributed by atoms with Gasteiger partial charge in [-0.3, -0.25) is 0 Å². The van der Waals surface area contributed by atoms with E-state index in [4.69, 9.17) is 10.7 Å². The van der Waals surface area contributed by atoms with Crippen LogP contribution < -0.4 is 0 Å². The van der Waals surface area contributed by atoms with Gasteiger partial charge in [0.15, 0.2) is 2.57 Å². The second-order valence-corrected chi connectivity index (χ2v) is 9.88. The first-order valence-corrected chi connectivity index (χ1v) is 6.52. The van der Waals surface area contributed by atoms with Crippen molar-refractivity contribution in [3.63, 3.8) is 0 Å². The zero-order valence-corrected chi connectivity index (χ0v) is 11.3. The van der Waals surface area contributed by atoms with Crippen LogP contribution in [0.1, 0.15) is 0 Å². The Morgan fingerprint density at radius 2 is 1.75 bits per heavy atom. The zero-order valence-electron chi connectivity index (χ0n) is 3.38. The van der Waals surface area contributed by atoms with E-state index in [-0.39, 0.29) is 6.30 Å². The van der Waals surface area contributed by atoms with Crippen LogP contribution in [0.2, 0.25) is 0 Å². The van der Waals surface area contributed by atoms with Crippen molar-refractivity contribution in [1.29, 1.82) is 0 Å². The first-order chi connectivity index (χ1) is 3.50. The molecule has 0 amide bonds. The van der Waals surface area contributed by atoms with Crippen molar-refractivity contribution < 1.29 is 0 Å². The minimum Gasteiger partial charge on any atom is -0.0730 e. The van der Waals surface area contributed by atoms with E-state index >= 15 is 0 Å². The Morgan fingerprint density at radius 3 is 1.75 bits per heavy atom. The standard InChI is InChI=1S/C2HBr4ClS/c3-1(4)2(5,6)8-7/h1H.